The van der Waals surface area contributed by atoms with E-state index < -0.39 is 6.10 Å². The molecule has 1 atom stereocenters. The van der Waals surface area contributed by atoms with Crippen molar-refractivity contribution in [3.05, 3.63) is 41.1 Å². The summed E-state index contributed by atoms with van der Waals surface area (Å²) in [6, 6.07) is 8.12. The van der Waals surface area contributed by atoms with E-state index in [0.29, 0.717) is 0 Å². The first kappa shape index (κ1) is 10.7. The number of nitrogens with one attached hydrogen (secondary N) is 1. The molecule has 3 nitrogen and oxygen atoms in total. The summed E-state index contributed by atoms with van der Waals surface area (Å²) >= 11 is 0. The van der Waals surface area contributed by atoms with Gasteiger partial charge in [0.05, 0.1) is 17.3 Å². The van der Waals surface area contributed by atoms with Crippen LogP contribution in [0.15, 0.2) is 24.3 Å². The minimum atomic E-state index is -0.441. The third-order valence-electron chi connectivity index (χ3n) is 3.52. The lowest BCUT2D eigenvalue weighted by molar-refractivity contribution is 0.166. The monoisotopic (exact) mass is 228 g/mol. The fourth-order valence-electron chi connectivity index (χ4n) is 2.53. The van der Waals surface area contributed by atoms with Gasteiger partial charge in [-0.25, -0.2) is 4.98 Å². The van der Waals surface area contributed by atoms with Gasteiger partial charge in [-0.1, -0.05) is 18.2 Å². The number of rotatable bonds is 0. The van der Waals surface area contributed by atoms with Gasteiger partial charge in [-0.15, -0.1) is 0 Å². The highest BCUT2D eigenvalue weighted by molar-refractivity contribution is 5.83. The van der Waals surface area contributed by atoms with Crippen molar-refractivity contribution in [2.45, 2.75) is 26.0 Å². The van der Waals surface area contributed by atoms with Crippen LogP contribution in [0, 0.1) is 6.92 Å². The molecular formula is C14H16N2O. The molecule has 0 aliphatic carbocycles. The Morgan fingerprint density at radius 2 is 2.18 bits per heavy atom. The molecule has 0 saturated carbocycles. The number of hydrogen-bond donors (Lipinski definition) is 2. The lowest BCUT2D eigenvalue weighted by Crippen LogP contribution is -2.13. The molecule has 0 amide bonds. The van der Waals surface area contributed by atoms with Gasteiger partial charge in [-0.3, -0.25) is 0 Å². The van der Waals surface area contributed by atoms with Crippen LogP contribution in [0.25, 0.3) is 10.9 Å². The first-order chi connectivity index (χ1) is 8.27. The highest BCUT2D eigenvalue weighted by Gasteiger charge is 2.20. The quantitative estimate of drug-likeness (QED) is 0.725. The minimum absolute atomic E-state index is 0.441. The van der Waals surface area contributed by atoms with E-state index in [1.165, 1.54) is 10.9 Å². The molecule has 2 N–H and O–H groups in total. The average molecular weight is 228 g/mol. The fraction of sp³-hybridized carbons (Fsp3) is 0.357. The van der Waals surface area contributed by atoms with Crippen LogP contribution in [-0.2, 0) is 6.54 Å². The normalized spacial score (nSPS) is 20.0. The van der Waals surface area contributed by atoms with Crippen LogP contribution in [0.3, 0.4) is 0 Å². The predicted octanol–water partition coefficient (Wildman–Crippen LogP) is 2.07. The van der Waals surface area contributed by atoms with E-state index in [1.807, 2.05) is 18.2 Å². The molecule has 1 aromatic heterocycles. The average Bonchev–Trinajstić information content (AvgIpc) is 2.53. The van der Waals surface area contributed by atoms with Gasteiger partial charge in [0.2, 0.25) is 0 Å². The molecule has 1 aromatic carbocycles. The number of para-hydroxylation sites is 1. The van der Waals surface area contributed by atoms with Gasteiger partial charge in [-0.05, 0) is 37.1 Å². The summed E-state index contributed by atoms with van der Waals surface area (Å²) in [5, 5.41) is 14.6. The molecular weight excluding hydrogens is 212 g/mol. The number of benzene rings is 1. The number of fused-ring (bicyclic) bond motifs is 2. The summed E-state index contributed by atoms with van der Waals surface area (Å²) < 4.78 is 0. The van der Waals surface area contributed by atoms with Crippen LogP contribution in [0.4, 0.5) is 0 Å². The lowest BCUT2D eigenvalue weighted by atomic mass is 9.99. The molecule has 0 bridgehead atoms. The molecule has 0 saturated heterocycles. The first-order valence-electron chi connectivity index (χ1n) is 6.04. The standard InChI is InChI=1S/C14H16N2O/c1-9-10-4-2-3-5-12(10)16-14-11(9)8-15-7-6-13(14)17/h2-5,13,15,17H,6-8H2,1H3. The van der Waals surface area contributed by atoms with E-state index in [-0.39, 0.29) is 0 Å². The van der Waals surface area contributed by atoms with Gasteiger partial charge in [0.15, 0.2) is 0 Å². The molecule has 88 valence electrons. The fourth-order valence-corrected chi connectivity index (χ4v) is 2.53. The lowest BCUT2D eigenvalue weighted by Gasteiger charge is -2.14. The second-order valence-corrected chi connectivity index (χ2v) is 4.60. The van der Waals surface area contributed by atoms with Crippen LogP contribution >= 0.6 is 0 Å². The zero-order chi connectivity index (χ0) is 11.8. The number of hydrogen-bond acceptors (Lipinski definition) is 3. The maximum absolute atomic E-state index is 10.1. The van der Waals surface area contributed by atoms with Gasteiger partial charge < -0.3 is 10.4 Å². The van der Waals surface area contributed by atoms with E-state index in [4.69, 9.17) is 0 Å². The first-order valence-corrected chi connectivity index (χ1v) is 6.04. The number of aliphatic hydroxyl groups excluding tert-OH is 1. The molecule has 2 aromatic rings. The predicted molar refractivity (Wildman–Crippen MR) is 67.8 cm³/mol. The Hall–Kier alpha value is -1.45. The summed E-state index contributed by atoms with van der Waals surface area (Å²) in [7, 11) is 0. The van der Waals surface area contributed by atoms with Crippen molar-refractivity contribution in [1.82, 2.24) is 10.3 Å². The van der Waals surface area contributed by atoms with Crippen molar-refractivity contribution < 1.29 is 5.11 Å². The highest BCUT2D eigenvalue weighted by Crippen LogP contribution is 2.29. The Bertz CT molecular complexity index is 565. The third kappa shape index (κ3) is 1.72. The van der Waals surface area contributed by atoms with Gasteiger partial charge in [0, 0.05) is 11.9 Å². The largest absolute Gasteiger partial charge is 0.387 e. The van der Waals surface area contributed by atoms with Crippen molar-refractivity contribution in [3.8, 4) is 0 Å². The maximum atomic E-state index is 10.1. The Morgan fingerprint density at radius 3 is 3.06 bits per heavy atom. The highest BCUT2D eigenvalue weighted by atomic mass is 16.3. The zero-order valence-electron chi connectivity index (χ0n) is 9.90. The Balaban J connectivity index is 2.31. The molecule has 17 heavy (non-hydrogen) atoms. The zero-order valence-corrected chi connectivity index (χ0v) is 9.90. The molecule has 1 unspecified atom stereocenters. The van der Waals surface area contributed by atoms with Gasteiger partial charge in [-0.2, -0.15) is 0 Å². The molecule has 3 rings (SSSR count). The van der Waals surface area contributed by atoms with Crippen LogP contribution in [-0.4, -0.2) is 16.6 Å². The van der Waals surface area contributed by atoms with Crippen molar-refractivity contribution in [3.63, 3.8) is 0 Å². The van der Waals surface area contributed by atoms with Crippen LogP contribution in [0.2, 0.25) is 0 Å². The Labute approximate surface area is 100 Å². The molecule has 2 heterocycles. The number of pyridine rings is 1. The SMILES string of the molecule is Cc1c2c(nc3ccccc13)C(O)CCNC2. The summed E-state index contributed by atoms with van der Waals surface area (Å²) in [6.07, 6.45) is 0.293. The second kappa shape index (κ2) is 4.09. The summed E-state index contributed by atoms with van der Waals surface area (Å²) in [4.78, 5) is 4.63. The van der Waals surface area contributed by atoms with E-state index in [2.05, 4.69) is 23.3 Å². The molecule has 0 fully saturated rings. The van der Waals surface area contributed by atoms with Crippen molar-refractivity contribution in [2.24, 2.45) is 0 Å². The van der Waals surface area contributed by atoms with Gasteiger partial charge >= 0.3 is 0 Å². The molecule has 1 aliphatic rings. The van der Waals surface area contributed by atoms with Crippen LogP contribution < -0.4 is 5.32 Å². The number of nitrogens with zero attached hydrogens (tertiary/aromatic N) is 1. The second-order valence-electron chi connectivity index (χ2n) is 4.60. The van der Waals surface area contributed by atoms with Gasteiger partial charge in [0.1, 0.15) is 0 Å². The third-order valence-corrected chi connectivity index (χ3v) is 3.52. The molecule has 0 spiro atoms. The molecule has 3 heteroatoms. The van der Waals surface area contributed by atoms with E-state index in [1.54, 1.807) is 0 Å². The summed E-state index contributed by atoms with van der Waals surface area (Å²) in [5.74, 6) is 0. The minimum Gasteiger partial charge on any atom is -0.387 e. The Morgan fingerprint density at radius 1 is 1.35 bits per heavy atom. The molecule has 0 radical (unpaired) electrons. The number of aryl methyl sites for hydroxylation is 1. The smallest absolute Gasteiger partial charge is 0.0975 e. The van der Waals surface area contributed by atoms with Crippen LogP contribution in [0.5, 0.6) is 0 Å². The Kier molecular flexibility index (Phi) is 2.57. The maximum Gasteiger partial charge on any atom is 0.0975 e. The van der Waals surface area contributed by atoms with Crippen molar-refractivity contribution in [2.75, 3.05) is 6.54 Å². The summed E-state index contributed by atoms with van der Waals surface area (Å²) in [6.45, 7) is 3.76. The van der Waals surface area contributed by atoms with Crippen molar-refractivity contribution in [1.29, 1.82) is 0 Å². The topological polar surface area (TPSA) is 45.2 Å². The number of aliphatic hydroxyl groups is 1. The van der Waals surface area contributed by atoms with E-state index in [0.717, 1.165) is 36.3 Å². The van der Waals surface area contributed by atoms with E-state index >= 15 is 0 Å². The van der Waals surface area contributed by atoms with Gasteiger partial charge in [0.25, 0.3) is 0 Å². The number of aromatic nitrogens is 1. The van der Waals surface area contributed by atoms with Crippen LogP contribution in [0.1, 0.15) is 29.3 Å². The van der Waals surface area contributed by atoms with E-state index in [9.17, 15) is 5.11 Å². The van der Waals surface area contributed by atoms with Crippen molar-refractivity contribution >= 4 is 10.9 Å². The summed E-state index contributed by atoms with van der Waals surface area (Å²) in [5.41, 5.74) is 4.23. The molecule has 1 aliphatic heterocycles.